The van der Waals surface area contributed by atoms with Gasteiger partial charge in [0.1, 0.15) is 0 Å². The Hall–Kier alpha value is -1.24. The topological polar surface area (TPSA) is 56.0 Å². The lowest BCUT2D eigenvalue weighted by Crippen LogP contribution is -2.42. The van der Waals surface area contributed by atoms with Crippen molar-refractivity contribution in [1.29, 1.82) is 5.26 Å². The molecule has 2 rings (SSSR count). The predicted molar refractivity (Wildman–Crippen MR) is 86.4 cm³/mol. The van der Waals surface area contributed by atoms with Crippen LogP contribution in [0.25, 0.3) is 0 Å². The highest BCUT2D eigenvalue weighted by molar-refractivity contribution is 6.31. The fourth-order valence-corrected chi connectivity index (χ4v) is 4.02. The molecule has 1 aliphatic carbocycles. The summed E-state index contributed by atoms with van der Waals surface area (Å²) in [5.41, 5.74) is 1.61. The summed E-state index contributed by atoms with van der Waals surface area (Å²) in [7, 11) is 0. The first-order valence-corrected chi connectivity index (χ1v) is 7.72. The number of anilines is 1. The average molecular weight is 307 g/mol. The number of aliphatic hydroxyl groups excluding tert-OH is 1. The first kappa shape index (κ1) is 16.1. The van der Waals surface area contributed by atoms with E-state index in [-0.39, 0.29) is 16.9 Å². The highest BCUT2D eigenvalue weighted by Gasteiger charge is 2.40. The molecule has 0 radical (unpaired) electrons. The minimum Gasteiger partial charge on any atom is -0.393 e. The maximum atomic E-state index is 10.1. The Kier molecular flexibility index (Phi) is 4.51. The number of benzene rings is 1. The maximum Gasteiger partial charge on any atom is 0.0992 e. The fourth-order valence-electron chi connectivity index (χ4n) is 3.78. The second-order valence-electron chi connectivity index (χ2n) is 7.41. The zero-order valence-electron chi connectivity index (χ0n) is 12.9. The fraction of sp³-hybridized carbons (Fsp3) is 0.588. The molecule has 1 aliphatic rings. The standard InChI is InChI=1S/C17H23ClN2O/c1-16(2)7-15(21)8-17(3,10-16)11-20-14-5-12(9-19)4-13(18)6-14/h4-6,15,20-21H,7-8,10-11H2,1-3H3. The van der Waals surface area contributed by atoms with Gasteiger partial charge in [0.2, 0.25) is 0 Å². The molecular formula is C17H23ClN2O. The van der Waals surface area contributed by atoms with E-state index in [1.165, 1.54) is 0 Å². The van der Waals surface area contributed by atoms with Gasteiger partial charge in [0.15, 0.2) is 0 Å². The van der Waals surface area contributed by atoms with Crippen molar-refractivity contribution in [1.82, 2.24) is 0 Å². The van der Waals surface area contributed by atoms with Gasteiger partial charge in [0.05, 0.1) is 17.7 Å². The summed E-state index contributed by atoms with van der Waals surface area (Å²) in [6.45, 7) is 7.39. The number of nitrogens with one attached hydrogen (secondary N) is 1. The van der Waals surface area contributed by atoms with Crippen molar-refractivity contribution in [3.8, 4) is 6.07 Å². The number of halogens is 1. The second-order valence-corrected chi connectivity index (χ2v) is 7.84. The van der Waals surface area contributed by atoms with Gasteiger partial charge in [-0.2, -0.15) is 5.26 Å². The molecule has 0 bridgehead atoms. The van der Waals surface area contributed by atoms with Crippen LogP contribution in [0, 0.1) is 22.2 Å². The van der Waals surface area contributed by atoms with Gasteiger partial charge in [-0.15, -0.1) is 0 Å². The van der Waals surface area contributed by atoms with Crippen LogP contribution in [0.15, 0.2) is 18.2 Å². The molecule has 1 fully saturated rings. The molecule has 2 N–H and O–H groups in total. The molecule has 114 valence electrons. The first-order valence-electron chi connectivity index (χ1n) is 7.34. The maximum absolute atomic E-state index is 10.1. The van der Waals surface area contributed by atoms with Crippen molar-refractivity contribution in [2.24, 2.45) is 10.8 Å². The number of aliphatic hydroxyl groups is 1. The summed E-state index contributed by atoms with van der Waals surface area (Å²) in [4.78, 5) is 0. The number of hydrogen-bond donors (Lipinski definition) is 2. The van der Waals surface area contributed by atoms with E-state index in [1.54, 1.807) is 12.1 Å². The van der Waals surface area contributed by atoms with Gasteiger partial charge in [-0.1, -0.05) is 32.4 Å². The van der Waals surface area contributed by atoms with Crippen LogP contribution < -0.4 is 5.32 Å². The van der Waals surface area contributed by atoms with Crippen LogP contribution in [0.5, 0.6) is 0 Å². The molecule has 0 aromatic heterocycles. The third kappa shape index (κ3) is 4.36. The quantitative estimate of drug-likeness (QED) is 0.880. The van der Waals surface area contributed by atoms with E-state index in [4.69, 9.17) is 16.9 Å². The number of hydrogen-bond acceptors (Lipinski definition) is 3. The third-order valence-corrected chi connectivity index (χ3v) is 4.39. The van der Waals surface area contributed by atoms with Crippen molar-refractivity contribution in [2.75, 3.05) is 11.9 Å². The Morgan fingerprint density at radius 3 is 2.67 bits per heavy atom. The van der Waals surface area contributed by atoms with E-state index in [1.807, 2.05) is 6.07 Å². The van der Waals surface area contributed by atoms with E-state index in [0.29, 0.717) is 10.6 Å². The molecule has 4 heteroatoms. The summed E-state index contributed by atoms with van der Waals surface area (Å²) < 4.78 is 0. The highest BCUT2D eigenvalue weighted by Crippen LogP contribution is 2.46. The van der Waals surface area contributed by atoms with Gasteiger partial charge >= 0.3 is 0 Å². The van der Waals surface area contributed by atoms with Crippen LogP contribution in [0.1, 0.15) is 45.6 Å². The zero-order valence-corrected chi connectivity index (χ0v) is 13.7. The van der Waals surface area contributed by atoms with Crippen LogP contribution in [-0.4, -0.2) is 17.8 Å². The summed E-state index contributed by atoms with van der Waals surface area (Å²) in [5.74, 6) is 0. The minimum atomic E-state index is -0.241. The normalized spacial score (nSPS) is 27.9. The van der Waals surface area contributed by atoms with E-state index in [9.17, 15) is 5.11 Å². The Labute approximate surface area is 131 Å². The van der Waals surface area contributed by atoms with Crippen molar-refractivity contribution in [3.63, 3.8) is 0 Å². The number of nitriles is 1. The van der Waals surface area contributed by atoms with E-state index in [0.717, 1.165) is 31.5 Å². The lowest BCUT2D eigenvalue weighted by atomic mass is 9.63. The first-order chi connectivity index (χ1) is 9.71. The summed E-state index contributed by atoms with van der Waals surface area (Å²) >= 11 is 6.02. The van der Waals surface area contributed by atoms with Gasteiger partial charge in [-0.05, 0) is 48.3 Å². The highest BCUT2D eigenvalue weighted by atomic mass is 35.5. The smallest absolute Gasteiger partial charge is 0.0992 e. The molecule has 0 spiro atoms. The molecule has 0 saturated heterocycles. The second kappa shape index (κ2) is 5.87. The molecule has 3 nitrogen and oxygen atoms in total. The molecule has 0 amide bonds. The minimum absolute atomic E-state index is 0.0380. The molecule has 21 heavy (non-hydrogen) atoms. The summed E-state index contributed by atoms with van der Waals surface area (Å²) in [5, 5.41) is 23.0. The van der Waals surface area contributed by atoms with Crippen LogP contribution in [0.2, 0.25) is 5.02 Å². The molecule has 0 heterocycles. The van der Waals surface area contributed by atoms with Crippen LogP contribution in [0.4, 0.5) is 5.69 Å². The Balaban J connectivity index is 2.08. The Morgan fingerprint density at radius 2 is 2.05 bits per heavy atom. The van der Waals surface area contributed by atoms with Crippen LogP contribution in [0.3, 0.4) is 0 Å². The third-order valence-electron chi connectivity index (χ3n) is 4.17. The zero-order chi connectivity index (χ0) is 15.7. The van der Waals surface area contributed by atoms with Gasteiger partial charge in [0.25, 0.3) is 0 Å². The molecule has 1 aromatic carbocycles. The number of nitrogens with zero attached hydrogens (tertiary/aromatic N) is 1. The molecule has 1 saturated carbocycles. The van der Waals surface area contributed by atoms with Gasteiger partial charge < -0.3 is 10.4 Å². The Morgan fingerprint density at radius 1 is 1.33 bits per heavy atom. The molecule has 2 unspecified atom stereocenters. The van der Waals surface area contributed by atoms with Gasteiger partial charge in [0, 0.05) is 17.3 Å². The summed E-state index contributed by atoms with van der Waals surface area (Å²) in [6.07, 6.45) is 2.48. The summed E-state index contributed by atoms with van der Waals surface area (Å²) in [6, 6.07) is 7.40. The van der Waals surface area contributed by atoms with E-state index >= 15 is 0 Å². The van der Waals surface area contributed by atoms with Crippen molar-refractivity contribution in [3.05, 3.63) is 28.8 Å². The van der Waals surface area contributed by atoms with Crippen LogP contribution >= 0.6 is 11.6 Å². The average Bonchev–Trinajstić information content (AvgIpc) is 2.33. The van der Waals surface area contributed by atoms with Crippen molar-refractivity contribution in [2.45, 2.75) is 46.1 Å². The monoisotopic (exact) mass is 306 g/mol. The van der Waals surface area contributed by atoms with Gasteiger partial charge in [-0.25, -0.2) is 0 Å². The number of rotatable bonds is 3. The lowest BCUT2D eigenvalue weighted by Gasteiger charge is -2.45. The van der Waals surface area contributed by atoms with Gasteiger partial charge in [-0.3, -0.25) is 0 Å². The molecule has 1 aromatic rings. The largest absolute Gasteiger partial charge is 0.393 e. The Bertz CT molecular complexity index is 564. The SMILES string of the molecule is CC1(C)CC(O)CC(C)(CNc2cc(Cl)cc(C#N)c2)C1. The molecule has 0 aliphatic heterocycles. The molecular weight excluding hydrogens is 284 g/mol. The predicted octanol–water partition coefficient (Wildman–Crippen LogP) is 4.20. The molecule has 2 atom stereocenters. The van der Waals surface area contributed by atoms with E-state index < -0.39 is 0 Å². The lowest BCUT2D eigenvalue weighted by molar-refractivity contribution is -0.00317. The van der Waals surface area contributed by atoms with Crippen molar-refractivity contribution < 1.29 is 5.11 Å². The van der Waals surface area contributed by atoms with Crippen molar-refractivity contribution >= 4 is 17.3 Å². The van der Waals surface area contributed by atoms with Crippen LogP contribution in [-0.2, 0) is 0 Å². The van der Waals surface area contributed by atoms with E-state index in [2.05, 4.69) is 32.2 Å².